The van der Waals surface area contributed by atoms with E-state index in [1.807, 2.05) is 50.2 Å². The lowest BCUT2D eigenvalue weighted by Crippen LogP contribution is -2.32. The van der Waals surface area contributed by atoms with Gasteiger partial charge in [-0.05, 0) is 65.9 Å². The Morgan fingerprint density at radius 3 is 2.46 bits per heavy atom. The van der Waals surface area contributed by atoms with Crippen molar-refractivity contribution in [3.05, 3.63) is 84.2 Å². The predicted molar refractivity (Wildman–Crippen MR) is 168 cm³/mol. The molecular weight excluding hydrogens is 621 g/mol. The molecule has 3 aromatic carbocycles. The van der Waals surface area contributed by atoms with E-state index in [-0.39, 0.29) is 35.3 Å². The molecule has 1 N–H and O–H groups in total. The van der Waals surface area contributed by atoms with Crippen LogP contribution >= 0.6 is 11.8 Å². The molecule has 14 heteroatoms. The molecule has 6 rings (SSSR count). The normalized spacial score (nSPS) is 18.7. The first-order chi connectivity index (χ1) is 22.0. The minimum Gasteiger partial charge on any atom is -0.497 e. The SMILES string of the molecule is COc1ccc(N2C(=O)CSC2=NC(=O)NC2CC2c2ccc(-c3ncn(-c4ccc(OC(F)(F)F)cc4)n3)cc2)c(C(C)C)c1. The quantitative estimate of drug-likeness (QED) is 0.227. The number of rotatable bonds is 8. The van der Waals surface area contributed by atoms with Crippen LogP contribution in [0.2, 0.25) is 0 Å². The van der Waals surface area contributed by atoms with Crippen LogP contribution in [0.1, 0.15) is 43.2 Å². The van der Waals surface area contributed by atoms with Crippen LogP contribution in [0.25, 0.3) is 17.1 Å². The minimum atomic E-state index is -4.76. The van der Waals surface area contributed by atoms with Crippen LogP contribution < -0.4 is 19.7 Å². The highest BCUT2D eigenvalue weighted by molar-refractivity contribution is 8.15. The van der Waals surface area contributed by atoms with Crippen LogP contribution in [0.4, 0.5) is 23.7 Å². The molecular formula is C32H29F3N6O4S. The van der Waals surface area contributed by atoms with E-state index in [1.165, 1.54) is 51.9 Å². The summed E-state index contributed by atoms with van der Waals surface area (Å²) >= 11 is 1.23. The van der Waals surface area contributed by atoms with Gasteiger partial charge < -0.3 is 14.8 Å². The summed E-state index contributed by atoms with van der Waals surface area (Å²) < 4.78 is 48.0. The smallest absolute Gasteiger partial charge is 0.497 e. The summed E-state index contributed by atoms with van der Waals surface area (Å²) in [6, 6.07) is 17.9. The molecule has 2 fully saturated rings. The number of nitrogens with zero attached hydrogens (tertiary/aromatic N) is 5. The summed E-state index contributed by atoms with van der Waals surface area (Å²) in [5.74, 6) is 1.11. The fourth-order valence-corrected chi connectivity index (χ4v) is 6.07. The molecule has 4 aromatic rings. The highest BCUT2D eigenvalue weighted by Crippen LogP contribution is 2.41. The molecule has 1 aliphatic carbocycles. The van der Waals surface area contributed by atoms with Crippen LogP contribution in [-0.2, 0) is 4.79 Å². The van der Waals surface area contributed by atoms with E-state index < -0.39 is 12.4 Å². The van der Waals surface area contributed by atoms with E-state index in [1.54, 1.807) is 13.2 Å². The summed E-state index contributed by atoms with van der Waals surface area (Å²) in [6.07, 6.45) is -2.53. The van der Waals surface area contributed by atoms with Crippen molar-refractivity contribution in [1.29, 1.82) is 0 Å². The molecule has 2 atom stereocenters. The van der Waals surface area contributed by atoms with E-state index in [2.05, 4.69) is 25.1 Å². The summed E-state index contributed by atoms with van der Waals surface area (Å²) in [4.78, 5) is 35.9. The van der Waals surface area contributed by atoms with Gasteiger partial charge in [0.05, 0.1) is 24.2 Å². The maximum absolute atomic E-state index is 12.9. The fourth-order valence-electron chi connectivity index (χ4n) is 5.21. The Balaban J connectivity index is 1.08. The second kappa shape index (κ2) is 12.5. The number of nitrogens with one attached hydrogen (secondary N) is 1. The number of hydrogen-bond acceptors (Lipinski definition) is 7. The van der Waals surface area contributed by atoms with Crippen molar-refractivity contribution in [1.82, 2.24) is 20.1 Å². The van der Waals surface area contributed by atoms with Crippen molar-refractivity contribution >= 4 is 34.6 Å². The summed E-state index contributed by atoms with van der Waals surface area (Å²) in [6.45, 7) is 4.06. The number of aromatic nitrogens is 3. The predicted octanol–water partition coefficient (Wildman–Crippen LogP) is 6.67. The van der Waals surface area contributed by atoms with Crippen molar-refractivity contribution in [2.75, 3.05) is 17.8 Å². The Kier molecular flexibility index (Phi) is 8.47. The molecule has 2 heterocycles. The standard InChI is InChI=1S/C32H29F3N6O4S/c1-18(2)24-14-23(44-3)12-13-27(24)41-28(42)16-46-31(41)38-30(43)37-26-15-25(26)19-4-6-20(7-5-19)29-36-17-40(39-29)21-8-10-22(11-9-21)45-32(33,34)35/h4-14,17-18,25-26H,15-16H2,1-3H3,(H,37,43). The number of thioether (sulfide) groups is 1. The summed E-state index contributed by atoms with van der Waals surface area (Å²) in [7, 11) is 1.59. The third-order valence-corrected chi connectivity index (χ3v) is 8.51. The molecule has 1 saturated carbocycles. The van der Waals surface area contributed by atoms with Gasteiger partial charge in [-0.15, -0.1) is 18.3 Å². The van der Waals surface area contributed by atoms with Crippen LogP contribution in [0.15, 0.2) is 78.0 Å². The van der Waals surface area contributed by atoms with Gasteiger partial charge in [0.15, 0.2) is 11.0 Å². The van der Waals surface area contributed by atoms with Crippen molar-refractivity contribution in [2.24, 2.45) is 4.99 Å². The van der Waals surface area contributed by atoms with Crippen molar-refractivity contribution in [3.63, 3.8) is 0 Å². The lowest BCUT2D eigenvalue weighted by molar-refractivity contribution is -0.274. The van der Waals surface area contributed by atoms with Gasteiger partial charge in [0.25, 0.3) is 0 Å². The zero-order chi connectivity index (χ0) is 32.6. The number of amides is 3. The largest absolute Gasteiger partial charge is 0.573 e. The third kappa shape index (κ3) is 6.86. The summed E-state index contributed by atoms with van der Waals surface area (Å²) in [5.41, 5.74) is 3.93. The maximum atomic E-state index is 12.9. The highest BCUT2D eigenvalue weighted by Gasteiger charge is 2.40. The number of anilines is 1. The van der Waals surface area contributed by atoms with E-state index in [0.717, 1.165) is 23.1 Å². The van der Waals surface area contributed by atoms with Crippen LogP contribution in [0.3, 0.4) is 0 Å². The molecule has 0 bridgehead atoms. The zero-order valence-corrected chi connectivity index (χ0v) is 25.8. The van der Waals surface area contributed by atoms with Crippen LogP contribution in [-0.4, -0.2) is 57.1 Å². The highest BCUT2D eigenvalue weighted by atomic mass is 32.2. The van der Waals surface area contributed by atoms with Crippen LogP contribution in [0, 0.1) is 0 Å². The van der Waals surface area contributed by atoms with Crippen molar-refractivity contribution in [2.45, 2.75) is 44.5 Å². The number of hydrogen-bond donors (Lipinski definition) is 1. The van der Waals surface area contributed by atoms with Gasteiger partial charge in [0, 0.05) is 17.5 Å². The van der Waals surface area contributed by atoms with Gasteiger partial charge >= 0.3 is 12.4 Å². The van der Waals surface area contributed by atoms with E-state index in [0.29, 0.717) is 28.1 Å². The second-order valence-electron chi connectivity index (χ2n) is 11.1. The molecule has 10 nitrogen and oxygen atoms in total. The molecule has 2 unspecified atom stereocenters. The maximum Gasteiger partial charge on any atom is 0.573 e. The van der Waals surface area contributed by atoms with Crippen LogP contribution in [0.5, 0.6) is 11.5 Å². The molecule has 2 aliphatic rings. The number of carbonyl (C=O) groups excluding carboxylic acids is 2. The molecule has 0 radical (unpaired) electrons. The number of ether oxygens (including phenoxy) is 2. The molecule has 3 amide bonds. The average Bonchev–Trinajstić information content (AvgIpc) is 3.43. The number of benzene rings is 3. The Morgan fingerprint density at radius 1 is 1.07 bits per heavy atom. The molecule has 1 saturated heterocycles. The lowest BCUT2D eigenvalue weighted by Gasteiger charge is -2.22. The number of alkyl halides is 3. The van der Waals surface area contributed by atoms with Gasteiger partial charge in [-0.3, -0.25) is 9.69 Å². The summed E-state index contributed by atoms with van der Waals surface area (Å²) in [5, 5.41) is 7.74. The van der Waals surface area contributed by atoms with E-state index in [4.69, 9.17) is 4.74 Å². The van der Waals surface area contributed by atoms with Gasteiger partial charge in [-0.25, -0.2) is 14.5 Å². The van der Waals surface area contributed by atoms with Crippen molar-refractivity contribution < 1.29 is 32.2 Å². The average molecular weight is 651 g/mol. The fraction of sp³-hybridized carbons (Fsp3) is 0.281. The number of halogens is 3. The minimum absolute atomic E-state index is 0.0907. The number of methoxy groups -OCH3 is 1. The van der Waals surface area contributed by atoms with Gasteiger partial charge in [-0.2, -0.15) is 4.99 Å². The van der Waals surface area contributed by atoms with Crippen molar-refractivity contribution in [3.8, 4) is 28.6 Å². The number of aliphatic imine (C=N–C) groups is 1. The Morgan fingerprint density at radius 2 is 1.78 bits per heavy atom. The monoisotopic (exact) mass is 650 g/mol. The van der Waals surface area contributed by atoms with E-state index >= 15 is 0 Å². The van der Waals surface area contributed by atoms with Gasteiger partial charge in [-0.1, -0.05) is 49.9 Å². The van der Waals surface area contributed by atoms with E-state index in [9.17, 15) is 22.8 Å². The molecule has 46 heavy (non-hydrogen) atoms. The first-order valence-electron chi connectivity index (χ1n) is 14.4. The molecule has 1 aromatic heterocycles. The second-order valence-corrected chi connectivity index (χ2v) is 12.0. The number of carbonyl (C=O) groups is 2. The molecule has 1 aliphatic heterocycles. The van der Waals surface area contributed by atoms with Gasteiger partial charge in [0.1, 0.15) is 17.8 Å². The topological polar surface area (TPSA) is 111 Å². The number of urea groups is 1. The lowest BCUT2D eigenvalue weighted by atomic mass is 10.00. The number of amidine groups is 1. The molecule has 238 valence electrons. The van der Waals surface area contributed by atoms with Gasteiger partial charge in [0.2, 0.25) is 5.91 Å². The Hall–Kier alpha value is -4.85. The third-order valence-electron chi connectivity index (χ3n) is 7.58. The Bertz CT molecular complexity index is 1790. The zero-order valence-electron chi connectivity index (χ0n) is 25.0. The first-order valence-corrected chi connectivity index (χ1v) is 15.4. The molecule has 0 spiro atoms. The first kappa shape index (κ1) is 31.1. The Labute approximate surface area is 266 Å².